The molecule has 2 unspecified atom stereocenters. The summed E-state index contributed by atoms with van der Waals surface area (Å²) in [5.41, 5.74) is 3.21. The average molecular weight is 141 g/mol. The number of hydrogen-bond acceptors (Lipinski definition) is 0. The number of rotatable bonds is 0. The van der Waals surface area contributed by atoms with Crippen LogP contribution in [0.2, 0.25) is 0 Å². The zero-order chi connectivity index (χ0) is 6.27. The zero-order valence-corrected chi connectivity index (χ0v) is 5.93. The summed E-state index contributed by atoms with van der Waals surface area (Å²) < 4.78 is 0. The summed E-state index contributed by atoms with van der Waals surface area (Å²) in [7, 11) is 0. The highest BCUT2D eigenvalue weighted by atomic mass is 35.5. The lowest BCUT2D eigenvalue weighted by atomic mass is 10.1. The van der Waals surface area contributed by atoms with Crippen LogP contribution in [0.3, 0.4) is 0 Å². The second-order valence-corrected chi connectivity index (χ2v) is 3.00. The fraction of sp³-hybridized carbons (Fsp3) is 0.500. The van der Waals surface area contributed by atoms with Gasteiger partial charge in [-0.05, 0) is 30.3 Å². The van der Waals surface area contributed by atoms with Crippen molar-refractivity contribution in [2.75, 3.05) is 0 Å². The molecular formula is C8H9Cl. The third-order valence-electron chi connectivity index (χ3n) is 2.35. The van der Waals surface area contributed by atoms with Crippen LogP contribution in [0.25, 0.3) is 0 Å². The second-order valence-electron chi connectivity index (χ2n) is 2.78. The number of allylic oxidation sites excluding steroid dienone is 3. The lowest BCUT2D eigenvalue weighted by Gasteiger charge is -1.98. The minimum atomic E-state index is 0.701. The zero-order valence-electron chi connectivity index (χ0n) is 5.18. The Kier molecular flexibility index (Phi) is 1.16. The van der Waals surface area contributed by atoms with E-state index in [1.165, 1.54) is 18.4 Å². The van der Waals surface area contributed by atoms with Crippen LogP contribution in [-0.4, -0.2) is 0 Å². The van der Waals surface area contributed by atoms with Crippen LogP contribution in [0, 0.1) is 11.8 Å². The van der Waals surface area contributed by atoms with Gasteiger partial charge in [0.15, 0.2) is 0 Å². The molecule has 1 heteroatoms. The fourth-order valence-electron chi connectivity index (χ4n) is 1.81. The normalized spacial score (nSPS) is 38.1. The van der Waals surface area contributed by atoms with Crippen LogP contribution in [0.4, 0.5) is 0 Å². The van der Waals surface area contributed by atoms with Crippen molar-refractivity contribution in [2.45, 2.75) is 12.8 Å². The molecule has 2 aliphatic carbocycles. The maximum atomic E-state index is 5.64. The summed E-state index contributed by atoms with van der Waals surface area (Å²) >= 11 is 5.64. The fourth-order valence-corrected chi connectivity index (χ4v) is 2.14. The Morgan fingerprint density at radius 3 is 2.11 bits per heavy atom. The first kappa shape index (κ1) is 5.55. The lowest BCUT2D eigenvalue weighted by Crippen LogP contribution is -1.86. The summed E-state index contributed by atoms with van der Waals surface area (Å²) in [5, 5.41) is 0. The second kappa shape index (κ2) is 1.88. The molecule has 48 valence electrons. The van der Waals surface area contributed by atoms with Crippen LogP contribution < -0.4 is 0 Å². The summed E-state index contributed by atoms with van der Waals surface area (Å²) in [6, 6.07) is 0. The number of hydrogen-bond donors (Lipinski definition) is 0. The first-order valence-corrected chi connectivity index (χ1v) is 3.84. The first-order valence-electron chi connectivity index (χ1n) is 3.40. The van der Waals surface area contributed by atoms with Crippen molar-refractivity contribution in [3.63, 3.8) is 0 Å². The molecule has 2 rings (SSSR count). The van der Waals surface area contributed by atoms with E-state index in [4.69, 9.17) is 11.6 Å². The Hall–Kier alpha value is -0.230. The Morgan fingerprint density at radius 1 is 1.33 bits per heavy atom. The average Bonchev–Trinajstić information content (AvgIpc) is 2.44. The van der Waals surface area contributed by atoms with Gasteiger partial charge in [0.1, 0.15) is 0 Å². The van der Waals surface area contributed by atoms with Gasteiger partial charge in [0.25, 0.3) is 0 Å². The minimum absolute atomic E-state index is 0.701. The van der Waals surface area contributed by atoms with E-state index in [1.54, 1.807) is 5.54 Å². The van der Waals surface area contributed by atoms with Gasteiger partial charge in [-0.3, -0.25) is 0 Å². The minimum Gasteiger partial charge on any atom is -0.0930 e. The van der Waals surface area contributed by atoms with E-state index in [1.807, 2.05) is 0 Å². The highest BCUT2D eigenvalue weighted by molar-refractivity contribution is 6.25. The van der Waals surface area contributed by atoms with E-state index < -0.39 is 0 Å². The monoisotopic (exact) mass is 140 g/mol. The third-order valence-corrected chi connectivity index (χ3v) is 2.60. The lowest BCUT2D eigenvalue weighted by molar-refractivity contribution is 0.705. The van der Waals surface area contributed by atoms with E-state index in [0.717, 1.165) is 0 Å². The van der Waals surface area contributed by atoms with Gasteiger partial charge >= 0.3 is 0 Å². The maximum Gasteiger partial charge on any atom is 0.00463 e. The molecule has 1 fully saturated rings. The Bertz CT molecular complexity index is 163. The molecule has 2 bridgehead atoms. The van der Waals surface area contributed by atoms with E-state index in [0.29, 0.717) is 11.8 Å². The van der Waals surface area contributed by atoms with Crippen molar-refractivity contribution in [3.8, 4) is 0 Å². The smallest absolute Gasteiger partial charge is 0.00463 e. The van der Waals surface area contributed by atoms with E-state index in [2.05, 4.69) is 12.2 Å². The molecule has 0 amide bonds. The summed E-state index contributed by atoms with van der Waals surface area (Å²) in [5.74, 6) is 1.40. The van der Waals surface area contributed by atoms with Crippen molar-refractivity contribution >= 4 is 11.6 Å². The van der Waals surface area contributed by atoms with Crippen molar-refractivity contribution in [3.05, 3.63) is 23.3 Å². The summed E-state index contributed by atoms with van der Waals surface area (Å²) in [6.45, 7) is 0. The predicted octanol–water partition coefficient (Wildman–Crippen LogP) is 2.71. The van der Waals surface area contributed by atoms with Crippen LogP contribution in [0.15, 0.2) is 23.3 Å². The van der Waals surface area contributed by atoms with Crippen LogP contribution in [-0.2, 0) is 0 Å². The molecule has 0 aromatic heterocycles. The van der Waals surface area contributed by atoms with Gasteiger partial charge in [0.2, 0.25) is 0 Å². The van der Waals surface area contributed by atoms with Crippen molar-refractivity contribution in [1.29, 1.82) is 0 Å². The Morgan fingerprint density at radius 2 is 1.89 bits per heavy atom. The molecule has 0 saturated heterocycles. The van der Waals surface area contributed by atoms with Gasteiger partial charge in [-0.2, -0.15) is 0 Å². The summed E-state index contributed by atoms with van der Waals surface area (Å²) in [4.78, 5) is 0. The molecule has 0 heterocycles. The van der Waals surface area contributed by atoms with Gasteiger partial charge in [-0.1, -0.05) is 23.8 Å². The van der Waals surface area contributed by atoms with Crippen molar-refractivity contribution in [1.82, 2.24) is 0 Å². The van der Waals surface area contributed by atoms with Gasteiger partial charge in [0.05, 0.1) is 0 Å². The molecule has 0 nitrogen and oxygen atoms in total. The van der Waals surface area contributed by atoms with Crippen LogP contribution in [0.5, 0.6) is 0 Å². The maximum absolute atomic E-state index is 5.64. The standard InChI is InChI=1S/C8H9Cl/c9-5-8-6-1-2-7(8)4-3-6/h1-2,5-7H,3-4H2. The van der Waals surface area contributed by atoms with Gasteiger partial charge in [-0.15, -0.1) is 0 Å². The molecule has 0 aromatic carbocycles. The molecule has 0 aromatic rings. The highest BCUT2D eigenvalue weighted by Crippen LogP contribution is 2.43. The first-order chi connectivity index (χ1) is 4.42. The molecule has 9 heavy (non-hydrogen) atoms. The van der Waals surface area contributed by atoms with Crippen molar-refractivity contribution < 1.29 is 0 Å². The highest BCUT2D eigenvalue weighted by Gasteiger charge is 2.31. The van der Waals surface area contributed by atoms with Crippen LogP contribution in [0.1, 0.15) is 12.8 Å². The molecule has 0 spiro atoms. The molecule has 0 radical (unpaired) electrons. The SMILES string of the molecule is ClC=C1C2C=CC1CC2. The molecular weight excluding hydrogens is 132 g/mol. The predicted molar refractivity (Wildman–Crippen MR) is 39.3 cm³/mol. The largest absolute Gasteiger partial charge is 0.0930 e. The van der Waals surface area contributed by atoms with Gasteiger partial charge < -0.3 is 0 Å². The Balaban J connectivity index is 2.35. The van der Waals surface area contributed by atoms with Gasteiger partial charge in [-0.25, -0.2) is 0 Å². The summed E-state index contributed by atoms with van der Waals surface area (Å²) in [6.07, 6.45) is 7.20. The Labute approximate surface area is 60.2 Å². The molecule has 2 aliphatic rings. The topological polar surface area (TPSA) is 0 Å². The molecule has 1 saturated carbocycles. The van der Waals surface area contributed by atoms with E-state index in [-0.39, 0.29) is 0 Å². The van der Waals surface area contributed by atoms with E-state index >= 15 is 0 Å². The molecule has 2 atom stereocenters. The van der Waals surface area contributed by atoms with Crippen molar-refractivity contribution in [2.24, 2.45) is 11.8 Å². The third kappa shape index (κ3) is 0.662. The molecule has 0 N–H and O–H groups in total. The quantitative estimate of drug-likeness (QED) is 0.454. The van der Waals surface area contributed by atoms with E-state index in [9.17, 15) is 0 Å². The number of fused-ring (bicyclic) bond motifs is 2. The molecule has 0 aliphatic heterocycles. The van der Waals surface area contributed by atoms with Crippen LogP contribution >= 0.6 is 11.6 Å². The van der Waals surface area contributed by atoms with Gasteiger partial charge in [0, 0.05) is 5.54 Å². The number of halogens is 1.